The van der Waals surface area contributed by atoms with Crippen LogP contribution in [0.3, 0.4) is 0 Å². The van der Waals surface area contributed by atoms with Crippen LogP contribution in [-0.2, 0) is 9.59 Å². The molecule has 0 bridgehead atoms. The molecule has 0 atom stereocenters. The number of rotatable bonds is 6. The third-order valence-corrected chi connectivity index (χ3v) is 3.42. The van der Waals surface area contributed by atoms with E-state index in [1.54, 1.807) is 17.0 Å². The first kappa shape index (κ1) is 15.3. The number of carbonyl (C=O) groups is 2. The van der Waals surface area contributed by atoms with Crippen molar-refractivity contribution in [1.82, 2.24) is 10.4 Å². The summed E-state index contributed by atoms with van der Waals surface area (Å²) in [6, 6.07) is 9.12. The largest absolute Gasteiger partial charge is 0.480 e. The standard InChI is InChI=1S/C15H21N3O3/c19-14(16-18-9-5-2-6-10-18)11-17(12-15(20)21)13-7-3-1-4-8-13/h1,3-4,7-8H,2,5-6,9-12H2,(H,16,19)(H,20,21). The zero-order valence-electron chi connectivity index (χ0n) is 12.0. The fourth-order valence-corrected chi connectivity index (χ4v) is 2.43. The van der Waals surface area contributed by atoms with Crippen molar-refractivity contribution < 1.29 is 14.7 Å². The van der Waals surface area contributed by atoms with Crippen molar-refractivity contribution in [3.05, 3.63) is 30.3 Å². The van der Waals surface area contributed by atoms with E-state index < -0.39 is 5.97 Å². The van der Waals surface area contributed by atoms with Crippen molar-refractivity contribution in [3.63, 3.8) is 0 Å². The number of piperidine rings is 1. The van der Waals surface area contributed by atoms with Crippen molar-refractivity contribution >= 4 is 17.6 Å². The number of para-hydroxylation sites is 1. The monoisotopic (exact) mass is 291 g/mol. The second kappa shape index (κ2) is 7.64. The number of amides is 1. The van der Waals surface area contributed by atoms with Crippen LogP contribution in [0.4, 0.5) is 5.69 Å². The van der Waals surface area contributed by atoms with Gasteiger partial charge in [-0.15, -0.1) is 0 Å². The minimum atomic E-state index is -0.954. The predicted octanol–water partition coefficient (Wildman–Crippen LogP) is 1.09. The van der Waals surface area contributed by atoms with Crippen LogP contribution in [-0.4, -0.2) is 48.2 Å². The van der Waals surface area contributed by atoms with Gasteiger partial charge in [-0.3, -0.25) is 15.0 Å². The van der Waals surface area contributed by atoms with Gasteiger partial charge in [0.15, 0.2) is 0 Å². The molecule has 0 saturated carbocycles. The minimum absolute atomic E-state index is 0.0345. The van der Waals surface area contributed by atoms with Crippen LogP contribution < -0.4 is 10.3 Å². The van der Waals surface area contributed by atoms with Crippen LogP contribution >= 0.6 is 0 Å². The van der Waals surface area contributed by atoms with Gasteiger partial charge in [0.2, 0.25) is 0 Å². The number of benzene rings is 1. The first-order valence-electron chi connectivity index (χ1n) is 7.21. The van der Waals surface area contributed by atoms with E-state index >= 15 is 0 Å². The maximum absolute atomic E-state index is 12.1. The van der Waals surface area contributed by atoms with E-state index in [0.29, 0.717) is 0 Å². The van der Waals surface area contributed by atoms with Gasteiger partial charge in [0.05, 0.1) is 6.54 Å². The van der Waals surface area contributed by atoms with E-state index in [2.05, 4.69) is 5.43 Å². The summed E-state index contributed by atoms with van der Waals surface area (Å²) in [4.78, 5) is 24.6. The average Bonchev–Trinajstić information content (AvgIpc) is 2.48. The van der Waals surface area contributed by atoms with Crippen LogP contribution in [0.15, 0.2) is 30.3 Å². The van der Waals surface area contributed by atoms with Crippen molar-refractivity contribution in [3.8, 4) is 0 Å². The molecule has 1 aromatic carbocycles. The van der Waals surface area contributed by atoms with Crippen LogP contribution in [0, 0.1) is 0 Å². The van der Waals surface area contributed by atoms with E-state index in [1.165, 1.54) is 6.42 Å². The van der Waals surface area contributed by atoms with Crippen molar-refractivity contribution in [1.29, 1.82) is 0 Å². The summed E-state index contributed by atoms with van der Waals surface area (Å²) >= 11 is 0. The van der Waals surface area contributed by atoms with E-state index in [0.717, 1.165) is 31.6 Å². The molecule has 1 heterocycles. The summed E-state index contributed by atoms with van der Waals surface area (Å²) in [5, 5.41) is 10.9. The van der Waals surface area contributed by atoms with Gasteiger partial charge in [-0.2, -0.15) is 0 Å². The molecule has 0 radical (unpaired) electrons. The molecule has 0 aromatic heterocycles. The molecule has 0 spiro atoms. The van der Waals surface area contributed by atoms with Gasteiger partial charge in [0, 0.05) is 18.8 Å². The van der Waals surface area contributed by atoms with E-state index in [4.69, 9.17) is 5.11 Å². The van der Waals surface area contributed by atoms with Crippen LogP contribution in [0.2, 0.25) is 0 Å². The average molecular weight is 291 g/mol. The van der Waals surface area contributed by atoms with Crippen LogP contribution in [0.25, 0.3) is 0 Å². The molecule has 6 heteroatoms. The summed E-state index contributed by atoms with van der Waals surface area (Å²) in [5.41, 5.74) is 3.58. The SMILES string of the molecule is O=C(O)CN(CC(=O)NN1CCCCC1)c1ccccc1. The molecular formula is C15H21N3O3. The number of nitrogens with one attached hydrogen (secondary N) is 1. The van der Waals surface area contributed by atoms with Crippen molar-refractivity contribution in [2.24, 2.45) is 0 Å². The Labute approximate surface area is 124 Å². The lowest BCUT2D eigenvalue weighted by atomic mass is 10.2. The fraction of sp³-hybridized carbons (Fsp3) is 0.467. The molecule has 1 saturated heterocycles. The van der Waals surface area contributed by atoms with E-state index in [9.17, 15) is 9.59 Å². The van der Waals surface area contributed by atoms with Crippen molar-refractivity contribution in [2.75, 3.05) is 31.1 Å². The molecule has 1 fully saturated rings. The summed E-state index contributed by atoms with van der Waals surface area (Å²) in [6.07, 6.45) is 3.36. The number of hydrogen-bond donors (Lipinski definition) is 2. The molecule has 1 aliphatic rings. The molecule has 114 valence electrons. The molecule has 2 rings (SSSR count). The number of hydrogen-bond acceptors (Lipinski definition) is 4. The molecule has 6 nitrogen and oxygen atoms in total. The number of hydrazine groups is 1. The van der Waals surface area contributed by atoms with Gasteiger partial charge >= 0.3 is 5.97 Å². The molecule has 1 aliphatic heterocycles. The summed E-state index contributed by atoms with van der Waals surface area (Å²) < 4.78 is 0. The fourth-order valence-electron chi connectivity index (χ4n) is 2.43. The number of anilines is 1. The molecular weight excluding hydrogens is 270 g/mol. The first-order chi connectivity index (χ1) is 10.1. The Hall–Kier alpha value is -2.08. The number of nitrogens with zero attached hydrogens (tertiary/aromatic N) is 2. The van der Waals surface area contributed by atoms with Crippen molar-refractivity contribution in [2.45, 2.75) is 19.3 Å². The first-order valence-corrected chi connectivity index (χ1v) is 7.21. The maximum atomic E-state index is 12.1. The molecule has 1 amide bonds. The number of aliphatic carboxylic acids is 1. The number of carbonyl (C=O) groups excluding carboxylic acids is 1. The Bertz CT molecular complexity index is 472. The zero-order chi connectivity index (χ0) is 15.1. The predicted molar refractivity (Wildman–Crippen MR) is 79.9 cm³/mol. The highest BCUT2D eigenvalue weighted by atomic mass is 16.4. The maximum Gasteiger partial charge on any atom is 0.323 e. The normalized spacial score (nSPS) is 15.4. The summed E-state index contributed by atoms with van der Waals surface area (Å²) in [6.45, 7) is 1.55. The van der Waals surface area contributed by atoms with Gasteiger partial charge in [0.1, 0.15) is 6.54 Å². The van der Waals surface area contributed by atoms with Gasteiger partial charge in [-0.1, -0.05) is 24.6 Å². The molecule has 2 N–H and O–H groups in total. The third-order valence-electron chi connectivity index (χ3n) is 3.42. The number of carboxylic acid groups (broad SMARTS) is 1. The molecule has 0 aliphatic carbocycles. The van der Waals surface area contributed by atoms with Gasteiger partial charge in [-0.05, 0) is 25.0 Å². The smallest absolute Gasteiger partial charge is 0.323 e. The molecule has 0 unspecified atom stereocenters. The summed E-state index contributed by atoms with van der Waals surface area (Å²) in [5.74, 6) is -1.13. The van der Waals surface area contributed by atoms with Gasteiger partial charge in [0.25, 0.3) is 5.91 Å². The Morgan fingerprint density at radius 3 is 2.38 bits per heavy atom. The van der Waals surface area contributed by atoms with Gasteiger partial charge < -0.3 is 10.0 Å². The topological polar surface area (TPSA) is 72.9 Å². The molecule has 21 heavy (non-hydrogen) atoms. The Kier molecular flexibility index (Phi) is 5.57. The highest BCUT2D eigenvalue weighted by Gasteiger charge is 2.17. The van der Waals surface area contributed by atoms with Crippen LogP contribution in [0.5, 0.6) is 0 Å². The highest BCUT2D eigenvalue weighted by molar-refractivity contribution is 5.83. The lowest BCUT2D eigenvalue weighted by molar-refractivity contribution is -0.135. The van der Waals surface area contributed by atoms with Crippen LogP contribution in [0.1, 0.15) is 19.3 Å². The van der Waals surface area contributed by atoms with Gasteiger partial charge in [-0.25, -0.2) is 5.01 Å². The zero-order valence-corrected chi connectivity index (χ0v) is 12.0. The molecule has 1 aromatic rings. The van der Waals surface area contributed by atoms with E-state index in [1.807, 2.05) is 23.2 Å². The Morgan fingerprint density at radius 2 is 1.76 bits per heavy atom. The second-order valence-electron chi connectivity index (χ2n) is 5.17. The second-order valence-corrected chi connectivity index (χ2v) is 5.17. The highest BCUT2D eigenvalue weighted by Crippen LogP contribution is 2.12. The lowest BCUT2D eigenvalue weighted by Gasteiger charge is -2.29. The lowest BCUT2D eigenvalue weighted by Crippen LogP contribution is -2.49. The third kappa shape index (κ3) is 5.07. The Morgan fingerprint density at radius 1 is 1.10 bits per heavy atom. The summed E-state index contributed by atoms with van der Waals surface area (Å²) in [7, 11) is 0. The quantitative estimate of drug-likeness (QED) is 0.821. The van der Waals surface area contributed by atoms with E-state index in [-0.39, 0.29) is 19.0 Å². The minimum Gasteiger partial charge on any atom is -0.480 e. The Balaban J connectivity index is 1.94. The number of carboxylic acids is 1.